The Morgan fingerprint density at radius 1 is 1.38 bits per heavy atom. The van der Waals surface area contributed by atoms with Crippen LogP contribution in [-0.2, 0) is 0 Å². The van der Waals surface area contributed by atoms with Gasteiger partial charge in [-0.25, -0.2) is 0 Å². The maximum Gasteiger partial charge on any atom is 0.0702 e. The predicted octanol–water partition coefficient (Wildman–Crippen LogP) is 1.63. The second kappa shape index (κ2) is 6.12. The summed E-state index contributed by atoms with van der Waals surface area (Å²) < 4.78 is 0. The first kappa shape index (κ1) is 7.12. The van der Waals surface area contributed by atoms with E-state index in [0.29, 0.717) is 6.42 Å². The quantitative estimate of drug-likeness (QED) is 0.411. The van der Waals surface area contributed by atoms with Crippen molar-refractivity contribution in [3.05, 3.63) is 6.42 Å². The topological polar surface area (TPSA) is 0 Å². The van der Waals surface area contributed by atoms with E-state index in [1.165, 1.54) is 0 Å². The molecular weight excluding hydrogens is 96.1 g/mol. The van der Waals surface area contributed by atoms with Gasteiger partial charge in [-0.2, -0.15) is 0 Å². The predicted molar refractivity (Wildman–Crippen MR) is 35.8 cm³/mol. The summed E-state index contributed by atoms with van der Waals surface area (Å²) in [6, 6.07) is 0. The molecule has 0 spiro atoms. The first-order valence-electron chi connectivity index (χ1n) is 2.57. The highest BCUT2D eigenvalue weighted by molar-refractivity contribution is 5.14. The molecule has 0 bridgehead atoms. The van der Waals surface area contributed by atoms with E-state index < -0.39 is 0 Å². The molecule has 0 rings (SSSR count). The van der Waals surface area contributed by atoms with Crippen molar-refractivity contribution >= 4 is 0 Å². The maximum absolute atomic E-state index is 2.86. The van der Waals surface area contributed by atoms with Crippen LogP contribution in [0.1, 0.15) is 20.3 Å². The lowest BCUT2D eigenvalue weighted by Gasteiger charge is -1.67. The molecule has 0 aromatic heterocycles. The lowest BCUT2D eigenvalue weighted by molar-refractivity contribution is 1.53. The Morgan fingerprint density at radius 3 is 2.62 bits per heavy atom. The van der Waals surface area contributed by atoms with E-state index in [4.69, 9.17) is 0 Å². The molecule has 0 heterocycles. The normalized spacial score (nSPS) is 5.75. The van der Waals surface area contributed by atoms with Gasteiger partial charge in [-0.15, -0.1) is 5.92 Å². The summed E-state index contributed by atoms with van der Waals surface area (Å²) in [6.07, 6.45) is 2.51. The van der Waals surface area contributed by atoms with E-state index in [-0.39, 0.29) is 0 Å². The van der Waals surface area contributed by atoms with Crippen LogP contribution >= 0.6 is 0 Å². The molecule has 0 nitrogen and oxygen atoms in total. The van der Waals surface area contributed by atoms with Crippen LogP contribution in [0.5, 0.6) is 0 Å². The molecule has 0 heteroatoms. The van der Waals surface area contributed by atoms with E-state index in [0.717, 1.165) is 0 Å². The molecule has 41 valence electrons. The SMILES string of the molecule is CC#CCC#C[CH]C. The van der Waals surface area contributed by atoms with Gasteiger partial charge in [-0.3, -0.25) is 0 Å². The standard InChI is InChI=1S/C8H9/c1-3-5-7-8-6-4-2/h3H,8H2,1-2H3. The number of rotatable bonds is 0. The van der Waals surface area contributed by atoms with Crippen LogP contribution in [0.4, 0.5) is 0 Å². The second-order valence-electron chi connectivity index (χ2n) is 1.21. The van der Waals surface area contributed by atoms with Crippen molar-refractivity contribution in [2.75, 3.05) is 0 Å². The Morgan fingerprint density at radius 2 is 2.12 bits per heavy atom. The van der Waals surface area contributed by atoms with Crippen molar-refractivity contribution in [3.63, 3.8) is 0 Å². The van der Waals surface area contributed by atoms with Crippen molar-refractivity contribution in [1.82, 2.24) is 0 Å². The largest absolute Gasteiger partial charge is 0.106 e. The van der Waals surface area contributed by atoms with Crippen LogP contribution in [0.3, 0.4) is 0 Å². The van der Waals surface area contributed by atoms with Gasteiger partial charge in [-0.1, -0.05) is 24.7 Å². The minimum atomic E-state index is 0.695. The van der Waals surface area contributed by atoms with Gasteiger partial charge < -0.3 is 0 Å². The highest BCUT2D eigenvalue weighted by atomic mass is 13.7. The summed E-state index contributed by atoms with van der Waals surface area (Å²) in [4.78, 5) is 0. The maximum atomic E-state index is 2.86. The Balaban J connectivity index is 3.24. The summed E-state index contributed by atoms with van der Waals surface area (Å²) in [5.41, 5.74) is 0. The Hall–Kier alpha value is -0.880. The van der Waals surface area contributed by atoms with Gasteiger partial charge in [-0.05, 0) is 6.92 Å². The molecule has 0 amide bonds. The minimum absolute atomic E-state index is 0.695. The summed E-state index contributed by atoms with van der Waals surface area (Å²) in [6.45, 7) is 3.73. The van der Waals surface area contributed by atoms with Crippen LogP contribution in [-0.4, -0.2) is 0 Å². The average Bonchev–Trinajstić information content (AvgIpc) is 1.81. The van der Waals surface area contributed by atoms with E-state index >= 15 is 0 Å². The van der Waals surface area contributed by atoms with Crippen LogP contribution in [0.2, 0.25) is 0 Å². The highest BCUT2D eigenvalue weighted by Crippen LogP contribution is 1.70. The molecule has 0 N–H and O–H groups in total. The first-order chi connectivity index (χ1) is 3.91. The van der Waals surface area contributed by atoms with Gasteiger partial charge in [0.2, 0.25) is 0 Å². The van der Waals surface area contributed by atoms with E-state index in [9.17, 15) is 0 Å². The van der Waals surface area contributed by atoms with Gasteiger partial charge in [0.1, 0.15) is 0 Å². The van der Waals surface area contributed by atoms with Gasteiger partial charge in [0.05, 0.1) is 6.42 Å². The van der Waals surface area contributed by atoms with Crippen molar-refractivity contribution in [3.8, 4) is 23.7 Å². The summed E-state index contributed by atoms with van der Waals surface area (Å²) >= 11 is 0. The van der Waals surface area contributed by atoms with Crippen LogP contribution in [0, 0.1) is 30.1 Å². The van der Waals surface area contributed by atoms with Gasteiger partial charge in [0.15, 0.2) is 0 Å². The smallest absolute Gasteiger partial charge is 0.0702 e. The fourth-order valence-electron chi connectivity index (χ4n) is 0.286. The molecule has 1 radical (unpaired) electrons. The second-order valence-corrected chi connectivity index (χ2v) is 1.21. The first-order valence-corrected chi connectivity index (χ1v) is 2.57. The molecule has 0 unspecified atom stereocenters. The minimum Gasteiger partial charge on any atom is -0.106 e. The monoisotopic (exact) mass is 105 g/mol. The van der Waals surface area contributed by atoms with E-state index in [2.05, 4.69) is 23.7 Å². The zero-order valence-electron chi connectivity index (χ0n) is 5.28. The number of hydrogen-bond donors (Lipinski definition) is 0. The zero-order valence-corrected chi connectivity index (χ0v) is 5.28. The summed E-state index contributed by atoms with van der Waals surface area (Å²) in [5.74, 6) is 11.3. The summed E-state index contributed by atoms with van der Waals surface area (Å²) in [7, 11) is 0. The Bertz CT molecular complexity index is 144. The third kappa shape index (κ3) is 5.12. The molecule has 0 saturated carbocycles. The van der Waals surface area contributed by atoms with Crippen LogP contribution < -0.4 is 0 Å². The van der Waals surface area contributed by atoms with E-state index in [1.807, 2.05) is 20.3 Å². The fourth-order valence-corrected chi connectivity index (χ4v) is 0.286. The third-order valence-corrected chi connectivity index (χ3v) is 0.600. The van der Waals surface area contributed by atoms with Crippen molar-refractivity contribution in [1.29, 1.82) is 0 Å². The van der Waals surface area contributed by atoms with Crippen LogP contribution in [0.25, 0.3) is 0 Å². The molecule has 0 fully saturated rings. The molecule has 0 aliphatic heterocycles. The molecule has 0 aliphatic carbocycles. The molecule has 8 heavy (non-hydrogen) atoms. The van der Waals surface area contributed by atoms with Crippen LogP contribution in [0.15, 0.2) is 0 Å². The molecule has 0 atom stereocenters. The summed E-state index contributed by atoms with van der Waals surface area (Å²) in [5, 5.41) is 0. The molecule has 0 aromatic rings. The van der Waals surface area contributed by atoms with Gasteiger partial charge >= 0.3 is 0 Å². The molecule has 0 saturated heterocycles. The highest BCUT2D eigenvalue weighted by Gasteiger charge is 1.61. The number of hydrogen-bond acceptors (Lipinski definition) is 0. The Labute approximate surface area is 51.3 Å². The lowest BCUT2D eigenvalue weighted by atomic mass is 10.4. The van der Waals surface area contributed by atoms with Crippen molar-refractivity contribution in [2.24, 2.45) is 0 Å². The van der Waals surface area contributed by atoms with Crippen molar-refractivity contribution in [2.45, 2.75) is 20.3 Å². The molecule has 0 aromatic carbocycles. The zero-order chi connectivity index (χ0) is 6.24. The molecular formula is C8H9. The van der Waals surface area contributed by atoms with Gasteiger partial charge in [0.25, 0.3) is 0 Å². The van der Waals surface area contributed by atoms with Gasteiger partial charge in [0, 0.05) is 6.42 Å². The average molecular weight is 105 g/mol. The lowest BCUT2D eigenvalue weighted by Crippen LogP contribution is -1.58. The fraction of sp³-hybridized carbons (Fsp3) is 0.375. The van der Waals surface area contributed by atoms with E-state index in [1.54, 1.807) is 0 Å². The van der Waals surface area contributed by atoms with Crippen molar-refractivity contribution < 1.29 is 0 Å². The third-order valence-electron chi connectivity index (χ3n) is 0.600. The molecule has 0 aliphatic rings. The Kier molecular flexibility index (Phi) is 5.45.